The van der Waals surface area contributed by atoms with Crippen LogP contribution in [0.15, 0.2) is 73.3 Å². The number of benzene rings is 1. The minimum atomic E-state index is -0.607. The van der Waals surface area contributed by atoms with Crippen molar-refractivity contribution in [2.45, 2.75) is 19.9 Å². The lowest BCUT2D eigenvalue weighted by Gasteiger charge is -2.23. The first kappa shape index (κ1) is 23.8. The Morgan fingerprint density at radius 3 is 2.80 bits per heavy atom. The first-order valence-electron chi connectivity index (χ1n) is 10.7. The number of allylic oxidation sites excluding steroid dienone is 1. The van der Waals surface area contributed by atoms with Gasteiger partial charge in [-0.1, -0.05) is 46.7 Å². The highest BCUT2D eigenvalue weighted by atomic mass is 35.5. The van der Waals surface area contributed by atoms with E-state index in [0.717, 1.165) is 4.88 Å². The topological polar surface area (TPSA) is 73.8 Å². The van der Waals surface area contributed by atoms with Gasteiger partial charge >= 0.3 is 5.97 Å². The number of esters is 1. The van der Waals surface area contributed by atoms with E-state index < -0.39 is 12.0 Å². The lowest BCUT2D eigenvalue weighted by molar-refractivity contribution is -0.139. The van der Waals surface area contributed by atoms with Gasteiger partial charge in [0.05, 0.1) is 32.5 Å². The van der Waals surface area contributed by atoms with E-state index in [9.17, 15) is 9.59 Å². The molecule has 10 heteroatoms. The molecule has 0 amide bonds. The highest BCUT2D eigenvalue weighted by Crippen LogP contribution is 2.35. The molecule has 0 bridgehead atoms. The average molecular weight is 545 g/mol. The number of hydrogen-bond acceptors (Lipinski definition) is 7. The number of fused-ring (bicyclic) bond motifs is 1. The Bertz CT molecular complexity index is 1640. The maximum Gasteiger partial charge on any atom is 0.338 e. The molecule has 0 N–H and O–H groups in total. The van der Waals surface area contributed by atoms with Crippen molar-refractivity contribution in [3.63, 3.8) is 0 Å². The number of rotatable bonds is 5. The van der Waals surface area contributed by atoms with E-state index in [1.54, 1.807) is 48.8 Å². The Morgan fingerprint density at radius 2 is 2.06 bits per heavy atom. The number of furan rings is 1. The summed E-state index contributed by atoms with van der Waals surface area (Å²) in [6.45, 7) is 3.74. The smallest absolute Gasteiger partial charge is 0.338 e. The van der Waals surface area contributed by atoms with Gasteiger partial charge in [-0.25, -0.2) is 9.79 Å². The molecular formula is C25H18Cl2N2O4S2. The highest BCUT2D eigenvalue weighted by molar-refractivity contribution is 7.10. The van der Waals surface area contributed by atoms with Crippen LogP contribution >= 0.6 is 45.9 Å². The lowest BCUT2D eigenvalue weighted by Crippen LogP contribution is -2.39. The average Bonchev–Trinajstić information content (AvgIpc) is 3.57. The van der Waals surface area contributed by atoms with Crippen LogP contribution in [0.4, 0.5) is 0 Å². The van der Waals surface area contributed by atoms with Crippen LogP contribution in [0, 0.1) is 0 Å². The van der Waals surface area contributed by atoms with Crippen molar-refractivity contribution in [2.75, 3.05) is 6.61 Å². The van der Waals surface area contributed by atoms with Crippen LogP contribution in [0.3, 0.4) is 0 Å². The highest BCUT2D eigenvalue weighted by Gasteiger charge is 2.33. The van der Waals surface area contributed by atoms with E-state index >= 15 is 0 Å². The van der Waals surface area contributed by atoms with E-state index in [1.807, 2.05) is 23.6 Å². The normalized spacial score (nSPS) is 15.8. The van der Waals surface area contributed by atoms with Gasteiger partial charge in [0.2, 0.25) is 0 Å². The molecule has 0 spiro atoms. The number of halogens is 2. The minimum absolute atomic E-state index is 0.231. The fourth-order valence-corrected chi connectivity index (χ4v) is 6.15. The number of thiazole rings is 1. The number of carbonyl (C=O) groups excluding carboxylic acids is 1. The summed E-state index contributed by atoms with van der Waals surface area (Å²) in [5.41, 5.74) is 1.29. The van der Waals surface area contributed by atoms with Gasteiger partial charge in [0.25, 0.3) is 5.56 Å². The third kappa shape index (κ3) is 4.31. The molecule has 3 aromatic heterocycles. The molecule has 0 unspecified atom stereocenters. The van der Waals surface area contributed by atoms with Crippen LogP contribution in [-0.4, -0.2) is 17.1 Å². The maximum absolute atomic E-state index is 13.6. The van der Waals surface area contributed by atoms with Gasteiger partial charge in [-0.3, -0.25) is 9.36 Å². The summed E-state index contributed by atoms with van der Waals surface area (Å²) in [6, 6.07) is 12.0. The summed E-state index contributed by atoms with van der Waals surface area (Å²) in [7, 11) is 0. The van der Waals surface area contributed by atoms with Crippen LogP contribution in [0.5, 0.6) is 0 Å². The van der Waals surface area contributed by atoms with Crippen LogP contribution in [0.25, 0.3) is 17.4 Å². The van der Waals surface area contributed by atoms with Crippen LogP contribution < -0.4 is 14.9 Å². The second-order valence-corrected chi connectivity index (χ2v) is 10.4. The Labute approximate surface area is 218 Å². The van der Waals surface area contributed by atoms with Crippen molar-refractivity contribution in [1.29, 1.82) is 0 Å². The molecule has 6 nitrogen and oxygen atoms in total. The molecule has 0 aliphatic carbocycles. The van der Waals surface area contributed by atoms with Crippen LogP contribution in [-0.2, 0) is 9.53 Å². The molecule has 1 aliphatic heterocycles. The first-order valence-corrected chi connectivity index (χ1v) is 13.1. The van der Waals surface area contributed by atoms with Crippen molar-refractivity contribution >= 4 is 57.9 Å². The predicted molar refractivity (Wildman–Crippen MR) is 139 cm³/mol. The molecule has 1 atom stereocenters. The number of nitrogens with zero attached hydrogens (tertiary/aromatic N) is 2. The van der Waals surface area contributed by atoms with Crippen molar-refractivity contribution < 1.29 is 13.9 Å². The predicted octanol–water partition coefficient (Wildman–Crippen LogP) is 5.43. The third-order valence-corrected chi connectivity index (χ3v) is 8.17. The second-order valence-electron chi connectivity index (χ2n) is 7.62. The van der Waals surface area contributed by atoms with Crippen molar-refractivity contribution in [3.8, 4) is 11.3 Å². The standard InChI is InChI=1S/C25H18Cl2N2O4S2/c1-3-32-24(31)20-13(2)28-25-29(22(20)18-8-5-11-34-18)23(30)19(35-25)12-14-9-10-17(33-14)15-6-4-7-16(26)21(15)27/h4-12,22H,3H2,1-2H3/b19-12-/t22-/m0/s1. The lowest BCUT2D eigenvalue weighted by atomic mass is 10.0. The zero-order chi connectivity index (χ0) is 24.7. The monoisotopic (exact) mass is 544 g/mol. The Balaban J connectivity index is 1.62. The first-order chi connectivity index (χ1) is 16.9. The second kappa shape index (κ2) is 9.62. The third-order valence-electron chi connectivity index (χ3n) is 5.45. The van der Waals surface area contributed by atoms with Gasteiger partial charge < -0.3 is 9.15 Å². The Hall–Kier alpha value is -2.91. The molecule has 4 heterocycles. The molecule has 0 radical (unpaired) electrons. The van der Waals surface area contributed by atoms with E-state index in [-0.39, 0.29) is 12.2 Å². The van der Waals surface area contributed by atoms with Crippen molar-refractivity contribution in [1.82, 2.24) is 4.57 Å². The van der Waals surface area contributed by atoms with Crippen LogP contribution in [0.1, 0.15) is 30.5 Å². The molecule has 1 aliphatic rings. The molecule has 0 saturated carbocycles. The summed E-state index contributed by atoms with van der Waals surface area (Å²) in [5.74, 6) is 0.541. The van der Waals surface area contributed by atoms with E-state index in [4.69, 9.17) is 32.4 Å². The van der Waals surface area contributed by atoms with Gasteiger partial charge in [0, 0.05) is 16.5 Å². The molecule has 178 valence electrons. The SMILES string of the molecule is CCOC(=O)C1=C(C)N=c2s/c(=C\c3ccc(-c4cccc(Cl)c4Cl)o3)c(=O)n2[C@H]1c1cccs1. The van der Waals surface area contributed by atoms with Gasteiger partial charge in [-0.05, 0) is 49.6 Å². The number of carbonyl (C=O) groups is 1. The molecule has 4 aromatic rings. The van der Waals surface area contributed by atoms with E-state index in [2.05, 4.69) is 4.99 Å². The van der Waals surface area contributed by atoms with Crippen molar-refractivity contribution in [2.24, 2.45) is 4.99 Å². The zero-order valence-electron chi connectivity index (χ0n) is 18.6. The summed E-state index contributed by atoms with van der Waals surface area (Å²) in [5, 5.41) is 2.73. The number of thiophene rings is 1. The summed E-state index contributed by atoms with van der Waals surface area (Å²) >= 11 is 15.2. The Kier molecular flexibility index (Phi) is 6.55. The quantitative estimate of drug-likeness (QED) is 0.314. The molecule has 0 fully saturated rings. The summed E-state index contributed by atoms with van der Waals surface area (Å²) in [6.07, 6.45) is 1.67. The summed E-state index contributed by atoms with van der Waals surface area (Å²) < 4.78 is 13.2. The number of ether oxygens (including phenoxy) is 1. The molecular weight excluding hydrogens is 527 g/mol. The molecule has 5 rings (SSSR count). The summed E-state index contributed by atoms with van der Waals surface area (Å²) in [4.78, 5) is 32.3. The number of hydrogen-bond donors (Lipinski definition) is 0. The van der Waals surface area contributed by atoms with Crippen molar-refractivity contribution in [3.05, 3.63) is 99.5 Å². The van der Waals surface area contributed by atoms with Gasteiger partial charge in [0.1, 0.15) is 17.6 Å². The molecule has 35 heavy (non-hydrogen) atoms. The minimum Gasteiger partial charge on any atom is -0.463 e. The van der Waals surface area contributed by atoms with Gasteiger partial charge in [-0.15, -0.1) is 11.3 Å². The molecule has 0 saturated heterocycles. The fourth-order valence-electron chi connectivity index (χ4n) is 3.91. The van der Waals surface area contributed by atoms with Gasteiger partial charge in [-0.2, -0.15) is 0 Å². The van der Waals surface area contributed by atoms with Crippen LogP contribution in [0.2, 0.25) is 10.0 Å². The zero-order valence-corrected chi connectivity index (χ0v) is 21.7. The van der Waals surface area contributed by atoms with E-state index in [1.165, 1.54) is 22.7 Å². The Morgan fingerprint density at radius 1 is 1.23 bits per heavy atom. The fraction of sp³-hybridized carbons (Fsp3) is 0.160. The largest absolute Gasteiger partial charge is 0.463 e. The number of aromatic nitrogens is 1. The molecule has 1 aromatic carbocycles. The van der Waals surface area contributed by atoms with E-state index in [0.29, 0.717) is 47.7 Å². The van der Waals surface area contributed by atoms with Gasteiger partial charge in [0.15, 0.2) is 4.80 Å². The maximum atomic E-state index is 13.6.